The third-order valence-electron chi connectivity index (χ3n) is 4.77. The van der Waals surface area contributed by atoms with Crippen LogP contribution in [0.5, 0.6) is 0 Å². The van der Waals surface area contributed by atoms with Crippen LogP contribution in [-0.2, 0) is 9.53 Å². The maximum atomic E-state index is 12.7. The second kappa shape index (κ2) is 6.79. The summed E-state index contributed by atoms with van der Waals surface area (Å²) in [4.78, 5) is 53.5. The molecule has 26 heavy (non-hydrogen) atoms. The topological polar surface area (TPSA) is 109 Å². The van der Waals surface area contributed by atoms with Crippen molar-refractivity contribution in [2.45, 2.75) is 32.7 Å². The van der Waals surface area contributed by atoms with Crippen molar-refractivity contribution in [2.24, 2.45) is 0 Å². The first-order valence-corrected chi connectivity index (χ1v) is 9.57. The molecule has 1 spiro atoms. The van der Waals surface area contributed by atoms with E-state index in [0.29, 0.717) is 29.0 Å². The normalized spacial score (nSPS) is 22.2. The number of thioether (sulfide) groups is 1. The zero-order valence-electron chi connectivity index (χ0n) is 14.9. The highest BCUT2D eigenvalue weighted by Gasteiger charge is 2.53. The van der Waals surface area contributed by atoms with Gasteiger partial charge in [0.25, 0.3) is 5.91 Å². The molecule has 0 saturated carbocycles. The van der Waals surface area contributed by atoms with Crippen molar-refractivity contribution in [2.75, 3.05) is 24.7 Å². The molecule has 3 rings (SSSR count). The molecule has 1 unspecified atom stereocenters. The van der Waals surface area contributed by atoms with Crippen LogP contribution in [0.25, 0.3) is 0 Å². The monoisotopic (exact) mass is 379 g/mol. The fourth-order valence-corrected chi connectivity index (χ4v) is 4.74. The Bertz CT molecular complexity index is 795. The molecule has 3 amide bonds. The van der Waals surface area contributed by atoms with E-state index in [1.165, 1.54) is 0 Å². The Morgan fingerprint density at radius 2 is 2.04 bits per heavy atom. The fourth-order valence-electron chi connectivity index (χ4n) is 3.41. The number of amides is 3. The summed E-state index contributed by atoms with van der Waals surface area (Å²) < 4.78 is 5.01. The van der Waals surface area contributed by atoms with Crippen molar-refractivity contribution in [3.8, 4) is 0 Å². The number of imide groups is 1. The zero-order chi connectivity index (χ0) is 19.1. The molecular formula is C17H21N3O5S. The highest BCUT2D eigenvalue weighted by molar-refractivity contribution is 7.99. The van der Waals surface area contributed by atoms with Crippen LogP contribution in [0.3, 0.4) is 0 Å². The molecule has 9 heteroatoms. The van der Waals surface area contributed by atoms with Crippen molar-refractivity contribution < 1.29 is 23.9 Å². The quantitative estimate of drug-likeness (QED) is 0.455. The third kappa shape index (κ3) is 2.90. The number of carbonyl (C=O) groups excluding carboxylic acids is 4. The summed E-state index contributed by atoms with van der Waals surface area (Å²) in [6.07, 6.45) is 0.570. The zero-order valence-corrected chi connectivity index (χ0v) is 15.7. The molecule has 0 aromatic carbocycles. The van der Waals surface area contributed by atoms with E-state index >= 15 is 0 Å². The van der Waals surface area contributed by atoms with Gasteiger partial charge in [0.1, 0.15) is 5.54 Å². The molecule has 2 fully saturated rings. The van der Waals surface area contributed by atoms with Crippen LogP contribution >= 0.6 is 11.8 Å². The number of hydrogen-bond donors (Lipinski definition) is 2. The second-order valence-corrected chi connectivity index (χ2v) is 7.58. The van der Waals surface area contributed by atoms with Gasteiger partial charge in [-0.15, -0.1) is 0 Å². The first-order valence-electron chi connectivity index (χ1n) is 8.42. The van der Waals surface area contributed by atoms with Crippen molar-refractivity contribution in [1.29, 1.82) is 0 Å². The lowest BCUT2D eigenvalue weighted by Crippen LogP contribution is -2.47. The SMILES string of the molecule is CCOC(=O)c1c(C)[nH]c(C(=O)CN2C(=O)NC3(CCSC3)C2=O)c1C. The average Bonchev–Trinajstić information content (AvgIpc) is 3.22. The van der Waals surface area contributed by atoms with Gasteiger partial charge in [-0.25, -0.2) is 9.59 Å². The number of ether oxygens (including phenoxy) is 1. The molecule has 1 atom stereocenters. The van der Waals surface area contributed by atoms with Gasteiger partial charge >= 0.3 is 12.0 Å². The number of Topliss-reactive ketones (excluding diaryl/α,β-unsaturated/α-hetero) is 1. The summed E-state index contributed by atoms with van der Waals surface area (Å²) in [5.74, 6) is 0.0381. The summed E-state index contributed by atoms with van der Waals surface area (Å²) in [5.41, 5.74) is 0.636. The predicted molar refractivity (Wildman–Crippen MR) is 95.5 cm³/mol. The molecule has 2 aliphatic heterocycles. The van der Waals surface area contributed by atoms with Gasteiger partial charge < -0.3 is 15.0 Å². The number of aryl methyl sites for hydroxylation is 1. The molecule has 0 aliphatic carbocycles. The number of urea groups is 1. The number of rotatable bonds is 5. The van der Waals surface area contributed by atoms with Gasteiger partial charge in [-0.2, -0.15) is 11.8 Å². The first-order chi connectivity index (χ1) is 12.3. The Morgan fingerprint density at radius 3 is 2.65 bits per heavy atom. The smallest absolute Gasteiger partial charge is 0.340 e. The van der Waals surface area contributed by atoms with Crippen LogP contribution in [-0.4, -0.2) is 63.8 Å². The van der Waals surface area contributed by atoms with Crippen LogP contribution < -0.4 is 5.32 Å². The third-order valence-corrected chi connectivity index (χ3v) is 5.95. The van der Waals surface area contributed by atoms with Crippen LogP contribution in [0.2, 0.25) is 0 Å². The average molecular weight is 379 g/mol. The van der Waals surface area contributed by atoms with Crippen LogP contribution in [0.1, 0.15) is 45.4 Å². The summed E-state index contributed by atoms with van der Waals surface area (Å²) in [5, 5.41) is 2.73. The molecule has 140 valence electrons. The van der Waals surface area contributed by atoms with E-state index in [1.807, 2.05) is 0 Å². The number of hydrogen-bond acceptors (Lipinski definition) is 6. The van der Waals surface area contributed by atoms with E-state index in [0.717, 1.165) is 10.7 Å². The van der Waals surface area contributed by atoms with E-state index in [-0.39, 0.29) is 24.8 Å². The highest BCUT2D eigenvalue weighted by atomic mass is 32.2. The summed E-state index contributed by atoms with van der Waals surface area (Å²) in [7, 11) is 0. The lowest BCUT2D eigenvalue weighted by Gasteiger charge is -2.18. The van der Waals surface area contributed by atoms with Crippen molar-refractivity contribution >= 4 is 35.5 Å². The van der Waals surface area contributed by atoms with Gasteiger partial charge in [0, 0.05) is 11.4 Å². The number of aromatic amines is 1. The van der Waals surface area contributed by atoms with Crippen LogP contribution in [0.4, 0.5) is 4.79 Å². The van der Waals surface area contributed by atoms with Gasteiger partial charge in [-0.3, -0.25) is 14.5 Å². The number of nitrogens with one attached hydrogen (secondary N) is 2. The lowest BCUT2D eigenvalue weighted by molar-refractivity contribution is -0.130. The molecular weight excluding hydrogens is 358 g/mol. The maximum Gasteiger partial charge on any atom is 0.340 e. The van der Waals surface area contributed by atoms with Gasteiger partial charge in [0.15, 0.2) is 5.78 Å². The number of aromatic nitrogens is 1. The largest absolute Gasteiger partial charge is 0.462 e. The molecule has 1 aromatic rings. The minimum absolute atomic E-state index is 0.216. The molecule has 0 bridgehead atoms. The minimum Gasteiger partial charge on any atom is -0.462 e. The number of H-pyrrole nitrogens is 1. The van der Waals surface area contributed by atoms with Gasteiger partial charge in [-0.05, 0) is 38.5 Å². The molecule has 2 N–H and O–H groups in total. The molecule has 2 saturated heterocycles. The van der Waals surface area contributed by atoms with E-state index in [1.54, 1.807) is 32.5 Å². The summed E-state index contributed by atoms with van der Waals surface area (Å²) in [6.45, 7) is 4.89. The number of ketones is 1. The predicted octanol–water partition coefficient (Wildman–Crippen LogP) is 1.42. The molecule has 0 radical (unpaired) electrons. The van der Waals surface area contributed by atoms with E-state index in [9.17, 15) is 19.2 Å². The molecule has 1 aromatic heterocycles. The van der Waals surface area contributed by atoms with Gasteiger partial charge in [0.05, 0.1) is 24.4 Å². The van der Waals surface area contributed by atoms with Gasteiger partial charge in [0.2, 0.25) is 0 Å². The summed E-state index contributed by atoms with van der Waals surface area (Å²) >= 11 is 1.60. The van der Waals surface area contributed by atoms with E-state index < -0.39 is 23.3 Å². The summed E-state index contributed by atoms with van der Waals surface area (Å²) in [6, 6.07) is -0.544. The maximum absolute atomic E-state index is 12.7. The van der Waals surface area contributed by atoms with Crippen molar-refractivity contribution in [1.82, 2.24) is 15.2 Å². The number of nitrogens with zero attached hydrogens (tertiary/aromatic N) is 1. The van der Waals surface area contributed by atoms with Crippen molar-refractivity contribution in [3.63, 3.8) is 0 Å². The number of esters is 1. The molecule has 2 aliphatic rings. The van der Waals surface area contributed by atoms with Crippen LogP contribution in [0, 0.1) is 13.8 Å². The highest BCUT2D eigenvalue weighted by Crippen LogP contribution is 2.33. The molecule has 3 heterocycles. The Balaban J connectivity index is 1.81. The van der Waals surface area contributed by atoms with E-state index in [4.69, 9.17) is 4.74 Å². The van der Waals surface area contributed by atoms with Crippen molar-refractivity contribution in [3.05, 3.63) is 22.5 Å². The Morgan fingerprint density at radius 1 is 1.31 bits per heavy atom. The standard InChI is InChI=1S/C17H21N3O5S/c1-4-25-14(22)12-9(2)13(18-10(12)3)11(21)7-20-15(23)17(19-16(20)24)5-6-26-8-17/h18H,4-8H2,1-3H3,(H,19,24). The Labute approximate surface area is 155 Å². The molecule has 8 nitrogen and oxygen atoms in total. The Hall–Kier alpha value is -2.29. The first kappa shape index (κ1) is 18.5. The minimum atomic E-state index is -0.876. The van der Waals surface area contributed by atoms with E-state index in [2.05, 4.69) is 10.3 Å². The number of carbonyl (C=O) groups is 4. The lowest BCUT2D eigenvalue weighted by atomic mass is 9.99. The van der Waals surface area contributed by atoms with Crippen LogP contribution in [0.15, 0.2) is 0 Å². The fraction of sp³-hybridized carbons (Fsp3) is 0.529. The second-order valence-electron chi connectivity index (χ2n) is 6.47. The Kier molecular flexibility index (Phi) is 4.83. The van der Waals surface area contributed by atoms with Gasteiger partial charge in [-0.1, -0.05) is 0 Å².